The van der Waals surface area contributed by atoms with Crippen molar-refractivity contribution in [2.45, 2.75) is 57.5 Å². The second kappa shape index (κ2) is 7.09. The number of pyridine rings is 1. The summed E-state index contributed by atoms with van der Waals surface area (Å²) in [5, 5.41) is 15.3. The maximum Gasteiger partial charge on any atom is 0.272 e. The van der Waals surface area contributed by atoms with Crippen LogP contribution in [0.3, 0.4) is 0 Å². The molecule has 1 spiro atoms. The number of aryl methyl sites for hydroxylation is 2. The predicted octanol–water partition coefficient (Wildman–Crippen LogP) is 2.77. The van der Waals surface area contributed by atoms with Gasteiger partial charge in [-0.15, -0.1) is 10.2 Å². The first-order chi connectivity index (χ1) is 15.5. The molecule has 2 aliphatic carbocycles. The second-order valence-electron chi connectivity index (χ2n) is 8.84. The minimum Gasteiger partial charge on any atom is -0.472 e. The van der Waals surface area contributed by atoms with Gasteiger partial charge in [0.1, 0.15) is 24.2 Å². The Morgan fingerprint density at radius 3 is 2.78 bits per heavy atom. The molecule has 3 aromatic heterocycles. The zero-order chi connectivity index (χ0) is 21.9. The van der Waals surface area contributed by atoms with Crippen LogP contribution in [-0.2, 0) is 11.3 Å². The number of ether oxygens (including phenoxy) is 2. The second-order valence-corrected chi connectivity index (χ2v) is 8.84. The molecule has 0 radical (unpaired) electrons. The van der Waals surface area contributed by atoms with Crippen molar-refractivity contribution < 1.29 is 18.8 Å². The lowest BCUT2D eigenvalue weighted by molar-refractivity contribution is 0.0771. The highest BCUT2D eigenvalue weighted by Gasteiger charge is 2.73. The summed E-state index contributed by atoms with van der Waals surface area (Å²) < 4.78 is 17.0. The van der Waals surface area contributed by atoms with E-state index in [1.807, 2.05) is 26.0 Å². The zero-order valence-corrected chi connectivity index (χ0v) is 17.9. The van der Waals surface area contributed by atoms with Gasteiger partial charge in [0, 0.05) is 23.5 Å². The van der Waals surface area contributed by atoms with Gasteiger partial charge < -0.3 is 19.3 Å². The van der Waals surface area contributed by atoms with Crippen molar-refractivity contribution in [1.29, 1.82) is 0 Å². The van der Waals surface area contributed by atoms with E-state index in [-0.39, 0.29) is 36.0 Å². The van der Waals surface area contributed by atoms with Gasteiger partial charge in [-0.3, -0.25) is 9.78 Å². The first-order valence-corrected chi connectivity index (χ1v) is 10.9. The Labute approximate surface area is 184 Å². The molecule has 1 N–H and O–H groups in total. The normalized spacial score (nSPS) is 27.2. The molecule has 0 aromatic carbocycles. The van der Waals surface area contributed by atoms with Crippen LogP contribution >= 0.6 is 0 Å². The summed E-state index contributed by atoms with van der Waals surface area (Å²) in [4.78, 5) is 16.9. The zero-order valence-electron chi connectivity index (χ0n) is 17.9. The summed E-state index contributed by atoms with van der Waals surface area (Å²) in [6, 6.07) is 7.20. The van der Waals surface area contributed by atoms with Crippen molar-refractivity contribution >= 4 is 5.91 Å². The van der Waals surface area contributed by atoms with Crippen LogP contribution in [-0.4, -0.2) is 44.0 Å². The molecule has 1 aliphatic heterocycles. The first kappa shape index (κ1) is 19.4. The Morgan fingerprint density at radius 2 is 2.16 bits per heavy atom. The number of aromatic nitrogens is 4. The standard InChI is InChI=1S/C23H23N5O4/c1-12-3-4-14(10-24-12)20-16(13(2)32-28-20)11-30-19-6-5-17(26-27-19)22(29)25-18-9-15-7-8-23(15)21(18)31-23/h3-6,10,15,18,21H,7-9,11H2,1-2H3,(H,25,29)/t15?,18-,21?,23?/m1/s1. The number of carbonyl (C=O) groups excluding carboxylic acids is 1. The quantitative estimate of drug-likeness (QED) is 0.590. The summed E-state index contributed by atoms with van der Waals surface area (Å²) in [5.41, 5.74) is 3.62. The van der Waals surface area contributed by atoms with E-state index in [9.17, 15) is 4.79 Å². The van der Waals surface area contributed by atoms with Crippen LogP contribution in [0.25, 0.3) is 11.3 Å². The third kappa shape index (κ3) is 3.07. The Balaban J connectivity index is 1.10. The molecule has 1 saturated heterocycles. The molecule has 9 heteroatoms. The molecule has 3 aliphatic rings. The molecule has 0 bridgehead atoms. The van der Waals surface area contributed by atoms with E-state index >= 15 is 0 Å². The molecule has 9 nitrogen and oxygen atoms in total. The van der Waals surface area contributed by atoms with E-state index in [1.54, 1.807) is 18.3 Å². The molecule has 1 amide bonds. The molecular formula is C23H23N5O4. The molecule has 3 aromatic rings. The highest BCUT2D eigenvalue weighted by Crippen LogP contribution is 2.64. The van der Waals surface area contributed by atoms with E-state index in [2.05, 4.69) is 25.7 Å². The Hall–Kier alpha value is -3.33. The summed E-state index contributed by atoms with van der Waals surface area (Å²) in [6.45, 7) is 3.97. The number of hydrogen-bond donors (Lipinski definition) is 1. The lowest BCUT2D eigenvalue weighted by Crippen LogP contribution is -2.37. The average molecular weight is 433 g/mol. The van der Waals surface area contributed by atoms with Gasteiger partial charge >= 0.3 is 0 Å². The highest BCUT2D eigenvalue weighted by atomic mass is 16.6. The van der Waals surface area contributed by atoms with E-state index < -0.39 is 0 Å². The van der Waals surface area contributed by atoms with Crippen molar-refractivity contribution in [2.75, 3.05) is 0 Å². The molecule has 32 heavy (non-hydrogen) atoms. The Bertz CT molecular complexity index is 1180. The van der Waals surface area contributed by atoms with Crippen LogP contribution in [0, 0.1) is 19.8 Å². The topological polar surface area (TPSA) is 116 Å². The number of nitrogens with one attached hydrogen (secondary N) is 1. The van der Waals surface area contributed by atoms with Crippen LogP contribution in [0.5, 0.6) is 5.88 Å². The van der Waals surface area contributed by atoms with Gasteiger partial charge in [-0.25, -0.2) is 0 Å². The smallest absolute Gasteiger partial charge is 0.272 e. The Kier molecular flexibility index (Phi) is 4.29. The first-order valence-electron chi connectivity index (χ1n) is 10.9. The summed E-state index contributed by atoms with van der Waals surface area (Å²) in [6.07, 6.45) is 5.23. The van der Waals surface area contributed by atoms with Gasteiger partial charge in [0.25, 0.3) is 5.91 Å². The number of amides is 1. The van der Waals surface area contributed by atoms with Gasteiger partial charge in [-0.05, 0) is 57.2 Å². The molecule has 4 heterocycles. The molecular weight excluding hydrogens is 410 g/mol. The lowest BCUT2D eigenvalue weighted by atomic mass is 9.75. The minimum absolute atomic E-state index is 0.0685. The third-order valence-corrected chi connectivity index (χ3v) is 6.97. The molecule has 3 unspecified atom stereocenters. The molecule has 4 atom stereocenters. The van der Waals surface area contributed by atoms with E-state index in [0.717, 1.165) is 29.7 Å². The van der Waals surface area contributed by atoms with Crippen LogP contribution in [0.1, 0.15) is 46.8 Å². The van der Waals surface area contributed by atoms with E-state index in [0.29, 0.717) is 23.3 Å². The van der Waals surface area contributed by atoms with Gasteiger partial charge in [0.05, 0.1) is 17.2 Å². The molecule has 3 fully saturated rings. The lowest BCUT2D eigenvalue weighted by Gasteiger charge is -2.30. The highest BCUT2D eigenvalue weighted by molar-refractivity contribution is 5.92. The van der Waals surface area contributed by atoms with Crippen LogP contribution in [0.15, 0.2) is 35.0 Å². The summed E-state index contributed by atoms with van der Waals surface area (Å²) in [7, 11) is 0. The van der Waals surface area contributed by atoms with E-state index in [4.69, 9.17) is 14.0 Å². The molecule has 164 valence electrons. The predicted molar refractivity (Wildman–Crippen MR) is 112 cm³/mol. The SMILES string of the molecule is Cc1ccc(-c2noc(C)c2COc2ccc(C(=O)N[C@@H]3CC4CCC45OC35)nn2)cn1. The Morgan fingerprint density at radius 1 is 1.25 bits per heavy atom. The molecule has 2 saturated carbocycles. The number of hydrogen-bond acceptors (Lipinski definition) is 8. The fourth-order valence-corrected chi connectivity index (χ4v) is 4.97. The largest absolute Gasteiger partial charge is 0.472 e. The summed E-state index contributed by atoms with van der Waals surface area (Å²) in [5.74, 6) is 1.35. The monoisotopic (exact) mass is 433 g/mol. The van der Waals surface area contributed by atoms with E-state index in [1.165, 1.54) is 6.42 Å². The number of epoxide rings is 1. The number of carbonyl (C=O) groups is 1. The van der Waals surface area contributed by atoms with Gasteiger partial charge in [-0.1, -0.05) is 5.16 Å². The maximum absolute atomic E-state index is 12.6. The van der Waals surface area contributed by atoms with Gasteiger partial charge in [0.15, 0.2) is 5.69 Å². The van der Waals surface area contributed by atoms with Crippen LogP contribution < -0.4 is 10.1 Å². The van der Waals surface area contributed by atoms with Crippen molar-refractivity contribution in [3.05, 3.63) is 53.2 Å². The fraction of sp³-hybridized carbons (Fsp3) is 0.435. The minimum atomic E-state index is -0.231. The maximum atomic E-state index is 12.6. The van der Waals surface area contributed by atoms with Gasteiger partial charge in [0.2, 0.25) is 5.88 Å². The van der Waals surface area contributed by atoms with Crippen molar-refractivity contribution in [2.24, 2.45) is 5.92 Å². The van der Waals surface area contributed by atoms with Crippen LogP contribution in [0.2, 0.25) is 0 Å². The van der Waals surface area contributed by atoms with Crippen molar-refractivity contribution in [1.82, 2.24) is 25.7 Å². The average Bonchev–Trinajstić information content (AvgIpc) is 3.42. The van der Waals surface area contributed by atoms with Crippen molar-refractivity contribution in [3.8, 4) is 17.1 Å². The summed E-state index contributed by atoms with van der Waals surface area (Å²) >= 11 is 0. The number of nitrogens with zero attached hydrogens (tertiary/aromatic N) is 4. The van der Waals surface area contributed by atoms with Crippen LogP contribution in [0.4, 0.5) is 0 Å². The number of rotatable bonds is 6. The molecule has 6 rings (SSSR count). The third-order valence-electron chi connectivity index (χ3n) is 6.97. The fourth-order valence-electron chi connectivity index (χ4n) is 4.97. The van der Waals surface area contributed by atoms with Crippen molar-refractivity contribution in [3.63, 3.8) is 0 Å². The van der Waals surface area contributed by atoms with Gasteiger partial charge in [-0.2, -0.15) is 0 Å².